The van der Waals surface area contributed by atoms with Crippen LogP contribution >= 0.6 is 0 Å². The highest BCUT2D eigenvalue weighted by molar-refractivity contribution is 6.05. The summed E-state index contributed by atoms with van der Waals surface area (Å²) in [6.07, 6.45) is 2.34. The number of hydrogen-bond acceptors (Lipinski definition) is 4. The van der Waals surface area contributed by atoms with Crippen LogP contribution in [0.4, 0.5) is 10.1 Å². The van der Waals surface area contributed by atoms with Gasteiger partial charge in [-0.15, -0.1) is 0 Å². The summed E-state index contributed by atoms with van der Waals surface area (Å²) in [5.74, 6) is -1.07. The molecule has 0 unspecified atom stereocenters. The maximum atomic E-state index is 13.2. The molecule has 0 fully saturated rings. The second-order valence-electron chi connectivity index (χ2n) is 6.01. The zero-order valence-electron chi connectivity index (χ0n) is 15.2. The third-order valence-electron chi connectivity index (χ3n) is 3.88. The van der Waals surface area contributed by atoms with Crippen molar-refractivity contribution in [3.8, 4) is 11.4 Å². The molecule has 2 amide bonds. The number of amides is 2. The second-order valence-corrected chi connectivity index (χ2v) is 6.01. The van der Waals surface area contributed by atoms with E-state index in [0.29, 0.717) is 29.3 Å². The van der Waals surface area contributed by atoms with Crippen molar-refractivity contribution >= 4 is 17.5 Å². The Labute approximate surface area is 160 Å². The second kappa shape index (κ2) is 8.34. The van der Waals surface area contributed by atoms with Gasteiger partial charge in [0.2, 0.25) is 5.91 Å². The van der Waals surface area contributed by atoms with Gasteiger partial charge in [-0.2, -0.15) is 5.10 Å². The summed E-state index contributed by atoms with van der Waals surface area (Å²) in [6, 6.07) is 11.9. The Balaban J connectivity index is 1.86. The van der Waals surface area contributed by atoms with Gasteiger partial charge in [-0.1, -0.05) is 6.92 Å². The van der Waals surface area contributed by atoms with E-state index in [1.807, 2.05) is 6.92 Å². The molecule has 3 rings (SSSR count). The number of nitrogens with two attached hydrogens (primary N) is 1. The fourth-order valence-corrected chi connectivity index (χ4v) is 2.47. The Morgan fingerprint density at radius 3 is 2.43 bits per heavy atom. The standard InChI is InChI=1S/C20H19FN4O3/c1-2-11-28-17-12-25(16-9-5-14(21)6-10-16)24-18(17)20(27)23-15-7-3-13(4-8-15)19(22)26/h3-10,12H,2,11H2,1H3,(H2,22,26)(H,23,27). The van der Waals surface area contributed by atoms with E-state index in [1.165, 1.54) is 28.9 Å². The van der Waals surface area contributed by atoms with Crippen molar-refractivity contribution in [2.45, 2.75) is 13.3 Å². The van der Waals surface area contributed by atoms with Crippen molar-refractivity contribution in [2.24, 2.45) is 5.73 Å². The van der Waals surface area contributed by atoms with Gasteiger partial charge in [-0.05, 0) is 55.0 Å². The number of ether oxygens (including phenoxy) is 1. The maximum absolute atomic E-state index is 13.2. The quantitative estimate of drug-likeness (QED) is 0.656. The van der Waals surface area contributed by atoms with E-state index in [1.54, 1.807) is 30.5 Å². The lowest BCUT2D eigenvalue weighted by molar-refractivity contribution is 0.0997. The zero-order valence-corrected chi connectivity index (χ0v) is 15.2. The van der Waals surface area contributed by atoms with Gasteiger partial charge in [0.15, 0.2) is 11.4 Å². The molecule has 0 saturated heterocycles. The van der Waals surface area contributed by atoms with E-state index in [-0.39, 0.29) is 11.5 Å². The molecule has 8 heteroatoms. The SMILES string of the molecule is CCCOc1cn(-c2ccc(F)cc2)nc1C(=O)Nc1ccc(C(N)=O)cc1. The van der Waals surface area contributed by atoms with Crippen molar-refractivity contribution in [1.82, 2.24) is 9.78 Å². The van der Waals surface area contributed by atoms with Crippen LogP contribution in [0.15, 0.2) is 54.7 Å². The van der Waals surface area contributed by atoms with Crippen molar-refractivity contribution in [3.05, 3.63) is 71.8 Å². The van der Waals surface area contributed by atoms with Gasteiger partial charge in [0.25, 0.3) is 5.91 Å². The minimum absolute atomic E-state index is 0.0942. The van der Waals surface area contributed by atoms with E-state index >= 15 is 0 Å². The Morgan fingerprint density at radius 1 is 1.14 bits per heavy atom. The monoisotopic (exact) mass is 382 g/mol. The largest absolute Gasteiger partial charge is 0.489 e. The third kappa shape index (κ3) is 4.35. The molecule has 0 saturated carbocycles. The molecule has 0 spiro atoms. The number of primary amides is 1. The van der Waals surface area contributed by atoms with Gasteiger partial charge in [-0.3, -0.25) is 9.59 Å². The highest BCUT2D eigenvalue weighted by Crippen LogP contribution is 2.22. The first-order chi connectivity index (χ1) is 13.5. The molecule has 0 atom stereocenters. The number of benzene rings is 2. The molecule has 3 N–H and O–H groups in total. The van der Waals surface area contributed by atoms with Crippen LogP contribution in [0.5, 0.6) is 5.75 Å². The molecule has 0 aliphatic rings. The number of nitrogens with one attached hydrogen (secondary N) is 1. The predicted molar refractivity (Wildman–Crippen MR) is 102 cm³/mol. The summed E-state index contributed by atoms with van der Waals surface area (Å²) in [4.78, 5) is 23.8. The highest BCUT2D eigenvalue weighted by atomic mass is 19.1. The molecule has 0 aliphatic carbocycles. The lowest BCUT2D eigenvalue weighted by Crippen LogP contribution is -2.15. The van der Waals surface area contributed by atoms with Crippen molar-refractivity contribution in [1.29, 1.82) is 0 Å². The smallest absolute Gasteiger partial charge is 0.280 e. The molecular weight excluding hydrogens is 363 g/mol. The number of carbonyl (C=O) groups is 2. The van der Waals surface area contributed by atoms with E-state index < -0.39 is 11.8 Å². The van der Waals surface area contributed by atoms with Crippen LogP contribution in [0.1, 0.15) is 34.2 Å². The molecule has 144 valence electrons. The Bertz CT molecular complexity index is 982. The van der Waals surface area contributed by atoms with Gasteiger partial charge in [0.1, 0.15) is 5.82 Å². The molecule has 0 bridgehead atoms. The van der Waals surface area contributed by atoms with Crippen LogP contribution in [0, 0.1) is 5.82 Å². The number of hydrogen-bond donors (Lipinski definition) is 2. The van der Waals surface area contributed by atoms with Crippen LogP contribution < -0.4 is 15.8 Å². The van der Waals surface area contributed by atoms with Crippen LogP contribution in [0.2, 0.25) is 0 Å². The summed E-state index contributed by atoms with van der Waals surface area (Å²) < 4.78 is 20.3. The lowest BCUT2D eigenvalue weighted by Gasteiger charge is -2.06. The summed E-state index contributed by atoms with van der Waals surface area (Å²) in [5, 5.41) is 7.00. The van der Waals surface area contributed by atoms with E-state index in [0.717, 1.165) is 6.42 Å². The summed E-state index contributed by atoms with van der Waals surface area (Å²) in [7, 11) is 0. The first kappa shape index (κ1) is 19.1. The average Bonchev–Trinajstić information content (AvgIpc) is 3.11. The third-order valence-corrected chi connectivity index (χ3v) is 3.88. The zero-order chi connectivity index (χ0) is 20.1. The predicted octanol–water partition coefficient (Wildman–Crippen LogP) is 3.15. The molecule has 1 heterocycles. The van der Waals surface area contributed by atoms with Crippen LogP contribution in [0.25, 0.3) is 5.69 Å². The van der Waals surface area contributed by atoms with Crippen LogP contribution in [-0.2, 0) is 0 Å². The first-order valence-electron chi connectivity index (χ1n) is 8.67. The molecule has 1 aromatic heterocycles. The number of carbonyl (C=O) groups excluding carboxylic acids is 2. The Hall–Kier alpha value is -3.68. The maximum Gasteiger partial charge on any atom is 0.280 e. The van der Waals surface area contributed by atoms with Gasteiger partial charge >= 0.3 is 0 Å². The van der Waals surface area contributed by atoms with Gasteiger partial charge < -0.3 is 15.8 Å². The number of anilines is 1. The minimum Gasteiger partial charge on any atom is -0.489 e. The fraction of sp³-hybridized carbons (Fsp3) is 0.150. The molecule has 3 aromatic rings. The number of nitrogens with zero attached hydrogens (tertiary/aromatic N) is 2. The first-order valence-corrected chi connectivity index (χ1v) is 8.67. The number of aromatic nitrogens is 2. The van der Waals surface area contributed by atoms with Gasteiger partial charge in [0, 0.05) is 11.3 Å². The highest BCUT2D eigenvalue weighted by Gasteiger charge is 2.19. The molecule has 0 radical (unpaired) electrons. The molecule has 28 heavy (non-hydrogen) atoms. The summed E-state index contributed by atoms with van der Waals surface area (Å²) >= 11 is 0. The van der Waals surface area contributed by atoms with Crippen molar-refractivity contribution in [3.63, 3.8) is 0 Å². The molecule has 0 aliphatic heterocycles. The van der Waals surface area contributed by atoms with Crippen LogP contribution in [-0.4, -0.2) is 28.2 Å². The molecule has 2 aromatic carbocycles. The van der Waals surface area contributed by atoms with Gasteiger partial charge in [0.05, 0.1) is 18.5 Å². The average molecular weight is 382 g/mol. The van der Waals surface area contributed by atoms with E-state index in [9.17, 15) is 14.0 Å². The van der Waals surface area contributed by atoms with E-state index in [4.69, 9.17) is 10.5 Å². The molecular formula is C20H19FN4O3. The van der Waals surface area contributed by atoms with Crippen LogP contribution in [0.3, 0.4) is 0 Å². The fourth-order valence-electron chi connectivity index (χ4n) is 2.47. The minimum atomic E-state index is -0.550. The Kier molecular flexibility index (Phi) is 5.69. The summed E-state index contributed by atoms with van der Waals surface area (Å²) in [6.45, 7) is 2.37. The number of halogens is 1. The molecule has 7 nitrogen and oxygen atoms in total. The van der Waals surface area contributed by atoms with Crippen molar-refractivity contribution < 1.29 is 18.7 Å². The topological polar surface area (TPSA) is 99.2 Å². The normalized spacial score (nSPS) is 10.5. The number of rotatable bonds is 7. The van der Waals surface area contributed by atoms with Gasteiger partial charge in [-0.25, -0.2) is 9.07 Å². The van der Waals surface area contributed by atoms with E-state index in [2.05, 4.69) is 10.4 Å². The van der Waals surface area contributed by atoms with Crippen molar-refractivity contribution in [2.75, 3.05) is 11.9 Å². The summed E-state index contributed by atoms with van der Waals surface area (Å²) in [5.41, 5.74) is 6.71. The lowest BCUT2D eigenvalue weighted by atomic mass is 10.2. The Morgan fingerprint density at radius 2 is 1.82 bits per heavy atom.